The van der Waals surface area contributed by atoms with Gasteiger partial charge in [-0.15, -0.1) is 12.4 Å². The number of imidazole rings is 1. The third-order valence-corrected chi connectivity index (χ3v) is 3.56. The number of carboxylic acids is 1. The number of benzene rings is 1. The Morgan fingerprint density at radius 3 is 2.65 bits per heavy atom. The van der Waals surface area contributed by atoms with E-state index in [1.54, 1.807) is 30.5 Å². The molecule has 5 nitrogen and oxygen atoms in total. The first-order valence-corrected chi connectivity index (χ1v) is 6.22. The Labute approximate surface area is 122 Å². The standard InChI is InChI=1S/C14H14N2O3.ClH/c17-12-5-2-9(3-6-12)13-15-7-11-4-1-10(14(18)19)8-16(11)13;/h2-3,5-7,10,17H,1,4,8H2,(H,18,19);1H. The molecule has 0 saturated carbocycles. The Hall–Kier alpha value is -2.01. The smallest absolute Gasteiger partial charge is 0.308 e. The number of phenolic OH excluding ortho intramolecular Hbond substituents is 1. The number of phenols is 1. The molecule has 3 rings (SSSR count). The van der Waals surface area contributed by atoms with Gasteiger partial charge in [-0.3, -0.25) is 4.79 Å². The van der Waals surface area contributed by atoms with E-state index in [9.17, 15) is 9.90 Å². The van der Waals surface area contributed by atoms with Crippen LogP contribution in [0.2, 0.25) is 0 Å². The molecule has 1 aromatic heterocycles. The predicted molar refractivity (Wildman–Crippen MR) is 76.0 cm³/mol. The summed E-state index contributed by atoms with van der Waals surface area (Å²) in [5.74, 6) is -0.132. The number of aliphatic carboxylic acids is 1. The summed E-state index contributed by atoms with van der Waals surface area (Å²) in [6, 6.07) is 6.79. The molecule has 1 atom stereocenters. The van der Waals surface area contributed by atoms with Crippen LogP contribution in [-0.4, -0.2) is 25.7 Å². The normalized spacial score (nSPS) is 17.1. The molecular formula is C14H15ClN2O3. The molecule has 0 radical (unpaired) electrons. The maximum atomic E-state index is 11.1. The van der Waals surface area contributed by atoms with E-state index < -0.39 is 5.97 Å². The minimum atomic E-state index is -0.754. The highest BCUT2D eigenvalue weighted by Crippen LogP contribution is 2.28. The molecule has 6 heteroatoms. The quantitative estimate of drug-likeness (QED) is 0.891. The number of carboxylic acid groups (broad SMARTS) is 1. The van der Waals surface area contributed by atoms with Crippen molar-refractivity contribution >= 4 is 18.4 Å². The van der Waals surface area contributed by atoms with E-state index in [2.05, 4.69) is 4.98 Å². The van der Waals surface area contributed by atoms with E-state index in [1.165, 1.54) is 0 Å². The first kappa shape index (κ1) is 14.4. The zero-order valence-electron chi connectivity index (χ0n) is 10.7. The van der Waals surface area contributed by atoms with Crippen molar-refractivity contribution in [3.8, 4) is 17.1 Å². The van der Waals surface area contributed by atoms with Gasteiger partial charge in [-0.2, -0.15) is 0 Å². The lowest BCUT2D eigenvalue weighted by Gasteiger charge is -2.22. The van der Waals surface area contributed by atoms with Gasteiger partial charge in [0.2, 0.25) is 0 Å². The molecule has 0 bridgehead atoms. The molecule has 0 amide bonds. The summed E-state index contributed by atoms with van der Waals surface area (Å²) in [6.45, 7) is 0.459. The summed E-state index contributed by atoms with van der Waals surface area (Å²) < 4.78 is 1.97. The van der Waals surface area contributed by atoms with Crippen molar-refractivity contribution in [3.63, 3.8) is 0 Å². The van der Waals surface area contributed by atoms with Crippen LogP contribution in [0, 0.1) is 5.92 Å². The predicted octanol–water partition coefficient (Wildman–Crippen LogP) is 2.32. The third kappa shape index (κ3) is 2.49. The maximum Gasteiger partial charge on any atom is 0.308 e. The van der Waals surface area contributed by atoms with Crippen molar-refractivity contribution in [2.75, 3.05) is 0 Å². The van der Waals surface area contributed by atoms with Crippen LogP contribution in [-0.2, 0) is 17.8 Å². The van der Waals surface area contributed by atoms with Crippen molar-refractivity contribution in [1.82, 2.24) is 9.55 Å². The van der Waals surface area contributed by atoms with Gasteiger partial charge in [-0.05, 0) is 37.1 Å². The minimum Gasteiger partial charge on any atom is -0.508 e. The number of aromatic hydroxyl groups is 1. The second kappa shape index (κ2) is 5.54. The SMILES string of the molecule is Cl.O=C(O)C1CCc2cnc(-c3ccc(O)cc3)n2C1. The molecule has 1 aromatic carbocycles. The fourth-order valence-electron chi connectivity index (χ4n) is 2.49. The zero-order valence-corrected chi connectivity index (χ0v) is 11.5. The molecule has 2 aromatic rings. The molecule has 0 fully saturated rings. The van der Waals surface area contributed by atoms with Gasteiger partial charge in [-0.1, -0.05) is 0 Å². The van der Waals surface area contributed by atoms with Crippen LogP contribution >= 0.6 is 12.4 Å². The van der Waals surface area contributed by atoms with Crippen molar-refractivity contribution in [3.05, 3.63) is 36.2 Å². The number of nitrogens with zero attached hydrogens (tertiary/aromatic N) is 2. The summed E-state index contributed by atoms with van der Waals surface area (Å²) in [4.78, 5) is 15.5. The molecule has 0 aliphatic carbocycles. The van der Waals surface area contributed by atoms with Crippen molar-refractivity contribution < 1.29 is 15.0 Å². The number of aromatic nitrogens is 2. The number of rotatable bonds is 2. The van der Waals surface area contributed by atoms with Gasteiger partial charge in [0.1, 0.15) is 11.6 Å². The molecule has 106 valence electrons. The molecule has 2 heterocycles. The number of carbonyl (C=O) groups is 1. The molecule has 1 unspecified atom stereocenters. The Balaban J connectivity index is 0.00000147. The Kier molecular flexibility index (Phi) is 3.99. The molecular weight excluding hydrogens is 280 g/mol. The van der Waals surface area contributed by atoms with E-state index in [0.717, 1.165) is 23.5 Å². The van der Waals surface area contributed by atoms with Crippen LogP contribution in [0.4, 0.5) is 0 Å². The lowest BCUT2D eigenvalue weighted by Crippen LogP contribution is -2.26. The number of fused-ring (bicyclic) bond motifs is 1. The van der Waals surface area contributed by atoms with Crippen molar-refractivity contribution in [2.24, 2.45) is 5.92 Å². The lowest BCUT2D eigenvalue weighted by atomic mass is 9.98. The Morgan fingerprint density at radius 1 is 1.30 bits per heavy atom. The summed E-state index contributed by atoms with van der Waals surface area (Å²) >= 11 is 0. The van der Waals surface area contributed by atoms with Crippen molar-refractivity contribution in [2.45, 2.75) is 19.4 Å². The third-order valence-electron chi connectivity index (χ3n) is 3.56. The van der Waals surface area contributed by atoms with E-state index in [-0.39, 0.29) is 24.1 Å². The molecule has 0 saturated heterocycles. The van der Waals surface area contributed by atoms with Crippen LogP contribution in [0.5, 0.6) is 5.75 Å². The Bertz CT molecular complexity index is 622. The maximum absolute atomic E-state index is 11.1. The fraction of sp³-hybridized carbons (Fsp3) is 0.286. The van der Waals surface area contributed by atoms with Gasteiger partial charge >= 0.3 is 5.97 Å². The monoisotopic (exact) mass is 294 g/mol. The number of halogens is 1. The molecule has 1 aliphatic rings. The van der Waals surface area contributed by atoms with Crippen molar-refractivity contribution in [1.29, 1.82) is 0 Å². The van der Waals surface area contributed by atoms with Crippen LogP contribution in [0.1, 0.15) is 12.1 Å². The summed E-state index contributed by atoms with van der Waals surface area (Å²) in [7, 11) is 0. The summed E-state index contributed by atoms with van der Waals surface area (Å²) in [5, 5.41) is 18.4. The summed E-state index contributed by atoms with van der Waals surface area (Å²) in [6.07, 6.45) is 3.21. The van der Waals surface area contributed by atoms with Crippen LogP contribution in [0.3, 0.4) is 0 Å². The highest BCUT2D eigenvalue weighted by Gasteiger charge is 2.26. The van der Waals surface area contributed by atoms with Gasteiger partial charge in [0.05, 0.1) is 5.92 Å². The van der Waals surface area contributed by atoms with Crippen LogP contribution in [0.15, 0.2) is 30.5 Å². The van der Waals surface area contributed by atoms with E-state index >= 15 is 0 Å². The average Bonchev–Trinajstić information content (AvgIpc) is 2.82. The number of aryl methyl sites for hydroxylation is 1. The number of hydrogen-bond donors (Lipinski definition) is 2. The number of hydrogen-bond acceptors (Lipinski definition) is 3. The highest BCUT2D eigenvalue weighted by molar-refractivity contribution is 5.85. The molecule has 20 heavy (non-hydrogen) atoms. The van der Waals surface area contributed by atoms with Crippen LogP contribution in [0.25, 0.3) is 11.4 Å². The van der Waals surface area contributed by atoms with E-state index in [1.807, 2.05) is 4.57 Å². The highest BCUT2D eigenvalue weighted by atomic mass is 35.5. The summed E-state index contributed by atoms with van der Waals surface area (Å²) in [5.41, 5.74) is 1.95. The second-order valence-electron chi connectivity index (χ2n) is 4.80. The van der Waals surface area contributed by atoms with E-state index in [0.29, 0.717) is 13.0 Å². The zero-order chi connectivity index (χ0) is 13.4. The topological polar surface area (TPSA) is 75.3 Å². The first-order valence-electron chi connectivity index (χ1n) is 6.22. The van der Waals surface area contributed by atoms with Gasteiger partial charge < -0.3 is 14.8 Å². The van der Waals surface area contributed by atoms with Gasteiger partial charge in [-0.25, -0.2) is 4.98 Å². The van der Waals surface area contributed by atoms with E-state index in [4.69, 9.17) is 5.11 Å². The minimum absolute atomic E-state index is 0. The molecule has 0 spiro atoms. The average molecular weight is 295 g/mol. The van der Waals surface area contributed by atoms with Gasteiger partial charge in [0, 0.05) is 24.0 Å². The largest absolute Gasteiger partial charge is 0.508 e. The lowest BCUT2D eigenvalue weighted by molar-refractivity contribution is -0.142. The van der Waals surface area contributed by atoms with Gasteiger partial charge in [0.25, 0.3) is 0 Å². The second-order valence-corrected chi connectivity index (χ2v) is 4.80. The fourth-order valence-corrected chi connectivity index (χ4v) is 2.49. The van der Waals surface area contributed by atoms with Crippen LogP contribution < -0.4 is 0 Å². The molecule has 1 aliphatic heterocycles. The first-order chi connectivity index (χ1) is 9.15. The van der Waals surface area contributed by atoms with Gasteiger partial charge in [0.15, 0.2) is 0 Å². The molecule has 2 N–H and O–H groups in total. The Morgan fingerprint density at radius 2 is 2.00 bits per heavy atom.